The van der Waals surface area contributed by atoms with Crippen LogP contribution >= 0.6 is 11.3 Å². The second-order valence-electron chi connectivity index (χ2n) is 3.77. The molecule has 0 unspecified atom stereocenters. The summed E-state index contributed by atoms with van der Waals surface area (Å²) in [6, 6.07) is 0. The number of esters is 1. The van der Waals surface area contributed by atoms with Gasteiger partial charge in [-0.1, -0.05) is 0 Å². The van der Waals surface area contributed by atoms with Gasteiger partial charge in [0, 0.05) is 6.54 Å². The average molecular weight is 226 g/mol. The van der Waals surface area contributed by atoms with Gasteiger partial charge in [-0.3, -0.25) is 0 Å². The Hall–Kier alpha value is -0.940. The predicted octanol–water partition coefficient (Wildman–Crippen LogP) is 1.48. The Labute approximate surface area is 92.5 Å². The smallest absolute Gasteiger partial charge is 0.350 e. The molecule has 5 heteroatoms. The Morgan fingerprint density at radius 3 is 2.93 bits per heavy atom. The highest BCUT2D eigenvalue weighted by molar-refractivity contribution is 7.13. The fraction of sp³-hybridized carbons (Fsp3) is 0.600. The van der Waals surface area contributed by atoms with E-state index in [9.17, 15) is 4.79 Å². The molecule has 1 aromatic heterocycles. The predicted molar refractivity (Wildman–Crippen MR) is 57.7 cm³/mol. The zero-order chi connectivity index (χ0) is 10.8. The SMILES string of the molecule is Cc1nc(CN)sc1C(=O)OCC1CC1. The molecule has 4 nitrogen and oxygen atoms in total. The lowest BCUT2D eigenvalue weighted by Gasteiger charge is -2.00. The summed E-state index contributed by atoms with van der Waals surface area (Å²) in [6.07, 6.45) is 2.37. The highest BCUT2D eigenvalue weighted by Gasteiger charge is 2.24. The van der Waals surface area contributed by atoms with Crippen LogP contribution in [0.1, 0.15) is 33.2 Å². The number of carbonyl (C=O) groups excluding carboxylic acids is 1. The van der Waals surface area contributed by atoms with Crippen molar-refractivity contribution < 1.29 is 9.53 Å². The van der Waals surface area contributed by atoms with Gasteiger partial charge < -0.3 is 10.5 Å². The maximum Gasteiger partial charge on any atom is 0.350 e. The van der Waals surface area contributed by atoms with Gasteiger partial charge in [-0.15, -0.1) is 11.3 Å². The molecule has 15 heavy (non-hydrogen) atoms. The highest BCUT2D eigenvalue weighted by atomic mass is 32.1. The summed E-state index contributed by atoms with van der Waals surface area (Å²) in [5.74, 6) is 0.341. The molecule has 1 heterocycles. The first-order valence-electron chi connectivity index (χ1n) is 5.04. The van der Waals surface area contributed by atoms with Gasteiger partial charge in [-0.2, -0.15) is 0 Å². The average Bonchev–Trinajstić information content (AvgIpc) is 2.97. The molecule has 1 fully saturated rings. The third kappa shape index (κ3) is 2.54. The van der Waals surface area contributed by atoms with E-state index in [-0.39, 0.29) is 5.97 Å². The number of thiazole rings is 1. The Kier molecular flexibility index (Phi) is 3.02. The van der Waals surface area contributed by atoms with E-state index in [1.165, 1.54) is 24.2 Å². The fourth-order valence-electron chi connectivity index (χ4n) is 1.27. The van der Waals surface area contributed by atoms with Gasteiger partial charge in [0.2, 0.25) is 0 Å². The van der Waals surface area contributed by atoms with Crippen molar-refractivity contribution in [3.63, 3.8) is 0 Å². The van der Waals surface area contributed by atoms with E-state index in [4.69, 9.17) is 10.5 Å². The molecule has 1 aromatic rings. The number of hydrogen-bond acceptors (Lipinski definition) is 5. The summed E-state index contributed by atoms with van der Waals surface area (Å²) < 4.78 is 5.18. The number of nitrogens with two attached hydrogens (primary N) is 1. The zero-order valence-electron chi connectivity index (χ0n) is 8.66. The van der Waals surface area contributed by atoms with E-state index in [1.807, 2.05) is 6.92 Å². The van der Waals surface area contributed by atoms with E-state index in [0.29, 0.717) is 23.9 Å². The molecule has 0 aromatic carbocycles. The molecule has 2 rings (SSSR count). The second kappa shape index (κ2) is 4.28. The van der Waals surface area contributed by atoms with Crippen LogP contribution in [0.2, 0.25) is 0 Å². The molecule has 2 N–H and O–H groups in total. The van der Waals surface area contributed by atoms with Crippen molar-refractivity contribution in [1.82, 2.24) is 4.98 Å². The number of aryl methyl sites for hydroxylation is 1. The Bertz CT molecular complexity index is 371. The first-order chi connectivity index (χ1) is 7.20. The van der Waals surface area contributed by atoms with Gasteiger partial charge in [0.25, 0.3) is 0 Å². The number of rotatable bonds is 4. The van der Waals surface area contributed by atoms with Crippen LogP contribution in [0.15, 0.2) is 0 Å². The minimum atomic E-state index is -0.253. The van der Waals surface area contributed by atoms with Crippen molar-refractivity contribution in [1.29, 1.82) is 0 Å². The molecular formula is C10H14N2O2S. The van der Waals surface area contributed by atoms with E-state index in [1.54, 1.807) is 0 Å². The molecule has 1 saturated carbocycles. The second-order valence-corrected chi connectivity index (χ2v) is 4.85. The maximum absolute atomic E-state index is 11.6. The molecule has 0 atom stereocenters. The topological polar surface area (TPSA) is 65.2 Å². The van der Waals surface area contributed by atoms with Crippen LogP contribution in [0.5, 0.6) is 0 Å². The lowest BCUT2D eigenvalue weighted by Crippen LogP contribution is -2.07. The molecule has 1 aliphatic rings. The van der Waals surface area contributed by atoms with Crippen LogP contribution in [0.4, 0.5) is 0 Å². The summed E-state index contributed by atoms with van der Waals surface area (Å²) in [7, 11) is 0. The Morgan fingerprint density at radius 1 is 1.67 bits per heavy atom. The first-order valence-corrected chi connectivity index (χ1v) is 5.86. The molecular weight excluding hydrogens is 212 g/mol. The third-order valence-electron chi connectivity index (χ3n) is 2.35. The zero-order valence-corrected chi connectivity index (χ0v) is 9.47. The van der Waals surface area contributed by atoms with Gasteiger partial charge in [0.15, 0.2) is 0 Å². The van der Waals surface area contributed by atoms with Crippen molar-refractivity contribution in [3.8, 4) is 0 Å². The lowest BCUT2D eigenvalue weighted by molar-refractivity contribution is 0.0491. The normalized spacial score (nSPS) is 15.3. The highest BCUT2D eigenvalue weighted by Crippen LogP contribution is 2.29. The monoisotopic (exact) mass is 226 g/mol. The van der Waals surface area contributed by atoms with Crippen LogP contribution in [0.25, 0.3) is 0 Å². The Morgan fingerprint density at radius 2 is 2.40 bits per heavy atom. The van der Waals surface area contributed by atoms with Crippen LogP contribution < -0.4 is 5.73 Å². The number of ether oxygens (including phenoxy) is 1. The van der Waals surface area contributed by atoms with Gasteiger partial charge >= 0.3 is 5.97 Å². The Balaban J connectivity index is 1.99. The van der Waals surface area contributed by atoms with Crippen molar-refractivity contribution in [3.05, 3.63) is 15.6 Å². The molecule has 0 spiro atoms. The minimum absolute atomic E-state index is 0.253. The van der Waals surface area contributed by atoms with Crippen molar-refractivity contribution in [2.24, 2.45) is 11.7 Å². The maximum atomic E-state index is 11.6. The number of nitrogens with zero attached hydrogens (tertiary/aromatic N) is 1. The molecule has 0 radical (unpaired) electrons. The molecule has 82 valence electrons. The van der Waals surface area contributed by atoms with Crippen LogP contribution in [0, 0.1) is 12.8 Å². The van der Waals surface area contributed by atoms with Crippen molar-refractivity contribution in [2.45, 2.75) is 26.3 Å². The summed E-state index contributed by atoms with van der Waals surface area (Å²) in [4.78, 5) is 16.4. The van der Waals surface area contributed by atoms with Gasteiger partial charge in [-0.05, 0) is 25.7 Å². The summed E-state index contributed by atoms with van der Waals surface area (Å²) in [5, 5.41) is 0.783. The van der Waals surface area contributed by atoms with E-state index >= 15 is 0 Å². The van der Waals surface area contributed by atoms with Crippen LogP contribution in [-0.2, 0) is 11.3 Å². The number of hydrogen-bond donors (Lipinski definition) is 1. The van der Waals surface area contributed by atoms with Gasteiger partial charge in [0.1, 0.15) is 9.88 Å². The molecule has 1 aliphatic carbocycles. The number of carbonyl (C=O) groups is 1. The summed E-state index contributed by atoms with van der Waals surface area (Å²) in [6.45, 7) is 2.74. The van der Waals surface area contributed by atoms with E-state index in [2.05, 4.69) is 4.98 Å². The largest absolute Gasteiger partial charge is 0.461 e. The van der Waals surface area contributed by atoms with Gasteiger partial charge in [-0.25, -0.2) is 9.78 Å². The van der Waals surface area contributed by atoms with Crippen molar-refractivity contribution >= 4 is 17.3 Å². The molecule has 0 bridgehead atoms. The summed E-state index contributed by atoms with van der Waals surface area (Å²) >= 11 is 1.33. The number of aromatic nitrogens is 1. The van der Waals surface area contributed by atoms with Crippen LogP contribution in [0.3, 0.4) is 0 Å². The van der Waals surface area contributed by atoms with Gasteiger partial charge in [0.05, 0.1) is 12.3 Å². The molecule has 0 aliphatic heterocycles. The summed E-state index contributed by atoms with van der Waals surface area (Å²) in [5.41, 5.74) is 6.18. The minimum Gasteiger partial charge on any atom is -0.461 e. The molecule has 0 amide bonds. The third-order valence-corrected chi connectivity index (χ3v) is 3.51. The first kappa shape index (κ1) is 10.6. The quantitative estimate of drug-likeness (QED) is 0.790. The van der Waals surface area contributed by atoms with E-state index < -0.39 is 0 Å². The molecule has 0 saturated heterocycles. The van der Waals surface area contributed by atoms with E-state index in [0.717, 1.165) is 10.7 Å². The van der Waals surface area contributed by atoms with Crippen LogP contribution in [-0.4, -0.2) is 17.6 Å². The fourth-order valence-corrected chi connectivity index (χ4v) is 2.11. The van der Waals surface area contributed by atoms with Crippen molar-refractivity contribution in [2.75, 3.05) is 6.61 Å². The lowest BCUT2D eigenvalue weighted by atomic mass is 10.4. The standard InChI is InChI=1S/C10H14N2O2S/c1-6-9(15-8(4-11)12-6)10(13)14-5-7-2-3-7/h7H,2-5,11H2,1H3.